The standard InChI is InChI=1S/C14H30N4O3S.HI/c1-11(7-10-22(6,20)21)18-13(15-5)17-9-8-16-12(19)14(2,3)4;/h11H,7-10H2,1-6H3,(H,16,19)(H2,15,17,18);1H. The highest BCUT2D eigenvalue weighted by molar-refractivity contribution is 14.0. The van der Waals surface area contributed by atoms with Crippen molar-refractivity contribution in [2.75, 3.05) is 32.1 Å². The van der Waals surface area contributed by atoms with E-state index in [1.54, 1.807) is 7.05 Å². The lowest BCUT2D eigenvalue weighted by Gasteiger charge is -2.19. The molecule has 0 rings (SSSR count). The molecule has 0 radical (unpaired) electrons. The number of nitrogens with one attached hydrogen (secondary N) is 3. The molecule has 0 aromatic heterocycles. The van der Waals surface area contributed by atoms with Crippen LogP contribution < -0.4 is 16.0 Å². The van der Waals surface area contributed by atoms with Gasteiger partial charge in [0.25, 0.3) is 0 Å². The minimum atomic E-state index is -2.95. The number of carbonyl (C=O) groups is 1. The Morgan fingerprint density at radius 1 is 1.17 bits per heavy atom. The van der Waals surface area contributed by atoms with E-state index in [2.05, 4.69) is 20.9 Å². The smallest absolute Gasteiger partial charge is 0.225 e. The van der Waals surface area contributed by atoms with Crippen LogP contribution in [0.4, 0.5) is 0 Å². The van der Waals surface area contributed by atoms with Crippen molar-refractivity contribution in [3.05, 3.63) is 0 Å². The third-order valence-electron chi connectivity index (χ3n) is 2.91. The van der Waals surface area contributed by atoms with Crippen molar-refractivity contribution in [3.8, 4) is 0 Å². The second-order valence-corrected chi connectivity index (χ2v) is 8.73. The Balaban J connectivity index is 0. The van der Waals surface area contributed by atoms with Gasteiger partial charge >= 0.3 is 0 Å². The number of aliphatic imine (C=N–C) groups is 1. The van der Waals surface area contributed by atoms with E-state index in [4.69, 9.17) is 0 Å². The van der Waals surface area contributed by atoms with Crippen LogP contribution in [0.15, 0.2) is 4.99 Å². The van der Waals surface area contributed by atoms with Crippen molar-refractivity contribution in [2.45, 2.75) is 40.2 Å². The number of carbonyl (C=O) groups excluding carboxylic acids is 1. The summed E-state index contributed by atoms with van der Waals surface area (Å²) in [6, 6.07) is -0.00917. The molecule has 0 aliphatic rings. The summed E-state index contributed by atoms with van der Waals surface area (Å²) in [4.78, 5) is 15.8. The van der Waals surface area contributed by atoms with E-state index in [1.165, 1.54) is 6.26 Å². The Kier molecular flexibility index (Phi) is 11.9. The van der Waals surface area contributed by atoms with Gasteiger partial charge < -0.3 is 16.0 Å². The molecule has 9 heteroatoms. The Hall–Kier alpha value is -0.580. The third-order valence-corrected chi connectivity index (χ3v) is 3.89. The molecule has 0 fully saturated rings. The van der Waals surface area contributed by atoms with E-state index >= 15 is 0 Å². The van der Waals surface area contributed by atoms with Gasteiger partial charge in [0.15, 0.2) is 5.96 Å². The summed E-state index contributed by atoms with van der Waals surface area (Å²) in [7, 11) is -1.31. The lowest BCUT2D eigenvalue weighted by Crippen LogP contribution is -2.46. The van der Waals surface area contributed by atoms with E-state index in [0.717, 1.165) is 0 Å². The summed E-state index contributed by atoms with van der Waals surface area (Å²) in [5, 5.41) is 9.04. The minimum Gasteiger partial charge on any atom is -0.355 e. The molecule has 7 nitrogen and oxygen atoms in total. The average molecular weight is 462 g/mol. The quantitative estimate of drug-likeness (QED) is 0.225. The molecule has 1 atom stereocenters. The zero-order valence-corrected chi connectivity index (χ0v) is 18.0. The molecule has 0 saturated heterocycles. The van der Waals surface area contributed by atoms with E-state index in [-0.39, 0.29) is 41.7 Å². The molecule has 0 aromatic rings. The van der Waals surface area contributed by atoms with Gasteiger partial charge in [0.05, 0.1) is 5.75 Å². The molecular weight excluding hydrogens is 431 g/mol. The van der Waals surface area contributed by atoms with Crippen LogP contribution in [0.5, 0.6) is 0 Å². The number of sulfone groups is 1. The first-order valence-corrected chi connectivity index (χ1v) is 9.45. The lowest BCUT2D eigenvalue weighted by atomic mass is 9.96. The highest BCUT2D eigenvalue weighted by Gasteiger charge is 2.20. The number of amides is 1. The second kappa shape index (κ2) is 11.1. The van der Waals surface area contributed by atoms with Gasteiger partial charge in [0.1, 0.15) is 9.84 Å². The number of guanidine groups is 1. The van der Waals surface area contributed by atoms with Gasteiger partial charge in [-0.05, 0) is 13.3 Å². The molecule has 0 aromatic carbocycles. The Morgan fingerprint density at radius 3 is 2.13 bits per heavy atom. The van der Waals surface area contributed by atoms with Gasteiger partial charge in [0, 0.05) is 37.8 Å². The molecular formula is C14H31IN4O3S. The second-order valence-electron chi connectivity index (χ2n) is 6.47. The van der Waals surface area contributed by atoms with Crippen LogP contribution in [-0.2, 0) is 14.6 Å². The van der Waals surface area contributed by atoms with Gasteiger partial charge in [-0.3, -0.25) is 9.79 Å². The van der Waals surface area contributed by atoms with Crippen molar-refractivity contribution in [1.29, 1.82) is 0 Å². The fraction of sp³-hybridized carbons (Fsp3) is 0.857. The number of rotatable bonds is 7. The maximum atomic E-state index is 11.7. The van der Waals surface area contributed by atoms with Crippen molar-refractivity contribution >= 4 is 45.7 Å². The van der Waals surface area contributed by atoms with Crippen LogP contribution in [0.2, 0.25) is 0 Å². The van der Waals surface area contributed by atoms with E-state index < -0.39 is 15.3 Å². The topological polar surface area (TPSA) is 99.7 Å². The Labute approximate surface area is 157 Å². The van der Waals surface area contributed by atoms with Gasteiger partial charge in [0.2, 0.25) is 5.91 Å². The molecule has 0 saturated carbocycles. The molecule has 138 valence electrons. The van der Waals surface area contributed by atoms with Crippen LogP contribution in [0.25, 0.3) is 0 Å². The summed E-state index contributed by atoms with van der Waals surface area (Å²) >= 11 is 0. The summed E-state index contributed by atoms with van der Waals surface area (Å²) in [6.45, 7) is 8.52. The van der Waals surface area contributed by atoms with Gasteiger partial charge in [-0.15, -0.1) is 24.0 Å². The van der Waals surface area contributed by atoms with Crippen LogP contribution in [-0.4, -0.2) is 58.5 Å². The van der Waals surface area contributed by atoms with Gasteiger partial charge in [-0.25, -0.2) is 8.42 Å². The summed E-state index contributed by atoms with van der Waals surface area (Å²) < 4.78 is 22.3. The molecule has 0 bridgehead atoms. The number of nitrogens with zero attached hydrogens (tertiary/aromatic N) is 1. The fourth-order valence-electron chi connectivity index (χ4n) is 1.51. The van der Waals surface area contributed by atoms with Crippen LogP contribution in [0.1, 0.15) is 34.1 Å². The first kappa shape index (κ1) is 24.7. The maximum Gasteiger partial charge on any atom is 0.225 e. The Morgan fingerprint density at radius 2 is 1.70 bits per heavy atom. The van der Waals surface area contributed by atoms with Crippen molar-refractivity contribution in [1.82, 2.24) is 16.0 Å². The maximum absolute atomic E-state index is 11.7. The predicted octanol–water partition coefficient (Wildman–Crippen LogP) is 0.755. The molecule has 1 amide bonds. The molecule has 0 aliphatic heterocycles. The average Bonchev–Trinajstić information content (AvgIpc) is 2.37. The molecule has 3 N–H and O–H groups in total. The largest absolute Gasteiger partial charge is 0.355 e. The summed E-state index contributed by atoms with van der Waals surface area (Å²) in [5.41, 5.74) is -0.403. The molecule has 0 spiro atoms. The SMILES string of the molecule is CN=C(NCCNC(=O)C(C)(C)C)NC(C)CCS(C)(=O)=O.I. The normalized spacial score (nSPS) is 13.7. The first-order valence-electron chi connectivity index (χ1n) is 7.39. The first-order chi connectivity index (χ1) is 9.95. The molecule has 0 aliphatic carbocycles. The number of hydrogen-bond donors (Lipinski definition) is 3. The number of halogens is 1. The van der Waals surface area contributed by atoms with Crippen LogP contribution >= 0.6 is 24.0 Å². The van der Waals surface area contributed by atoms with Crippen molar-refractivity contribution < 1.29 is 13.2 Å². The predicted molar refractivity (Wildman–Crippen MR) is 106 cm³/mol. The monoisotopic (exact) mass is 462 g/mol. The zero-order chi connectivity index (χ0) is 17.4. The van der Waals surface area contributed by atoms with E-state index in [1.807, 2.05) is 27.7 Å². The fourth-order valence-corrected chi connectivity index (χ4v) is 2.29. The molecule has 1 unspecified atom stereocenters. The van der Waals surface area contributed by atoms with Crippen LogP contribution in [0, 0.1) is 5.41 Å². The zero-order valence-electron chi connectivity index (χ0n) is 14.9. The number of hydrogen-bond acceptors (Lipinski definition) is 4. The van der Waals surface area contributed by atoms with Gasteiger partial charge in [-0.1, -0.05) is 20.8 Å². The summed E-state index contributed by atoms with van der Waals surface area (Å²) in [6.07, 6.45) is 1.74. The highest BCUT2D eigenvalue weighted by Crippen LogP contribution is 2.11. The van der Waals surface area contributed by atoms with E-state index in [9.17, 15) is 13.2 Å². The third kappa shape index (κ3) is 13.5. The van der Waals surface area contributed by atoms with Crippen LogP contribution in [0.3, 0.4) is 0 Å². The van der Waals surface area contributed by atoms with Crippen molar-refractivity contribution in [3.63, 3.8) is 0 Å². The Bertz CT molecular complexity index is 487. The molecule has 23 heavy (non-hydrogen) atoms. The minimum absolute atomic E-state index is 0. The van der Waals surface area contributed by atoms with Gasteiger partial charge in [-0.2, -0.15) is 0 Å². The van der Waals surface area contributed by atoms with E-state index in [0.29, 0.717) is 25.5 Å². The summed E-state index contributed by atoms with van der Waals surface area (Å²) in [5.74, 6) is 0.726. The lowest BCUT2D eigenvalue weighted by molar-refractivity contribution is -0.128. The van der Waals surface area contributed by atoms with Crippen molar-refractivity contribution in [2.24, 2.45) is 10.4 Å². The highest BCUT2D eigenvalue weighted by atomic mass is 127. The molecule has 0 heterocycles.